The second-order valence-electron chi connectivity index (χ2n) is 5.16. The first-order valence-corrected chi connectivity index (χ1v) is 8.00. The molecule has 1 aromatic carbocycles. The predicted molar refractivity (Wildman–Crippen MR) is 92.5 cm³/mol. The van der Waals surface area contributed by atoms with Gasteiger partial charge in [0.25, 0.3) is 0 Å². The van der Waals surface area contributed by atoms with Crippen LogP contribution in [0, 0.1) is 22.9 Å². The van der Waals surface area contributed by atoms with Gasteiger partial charge in [-0.1, -0.05) is 24.4 Å². The number of carbonyl (C=O) groups is 1. The molecule has 0 bridgehead atoms. The van der Waals surface area contributed by atoms with Gasteiger partial charge < -0.3 is 14.5 Å². The average Bonchev–Trinajstić information content (AvgIpc) is 2.56. The van der Waals surface area contributed by atoms with Crippen molar-refractivity contribution in [2.75, 3.05) is 6.61 Å². The molecule has 1 N–H and O–H groups in total. The number of nitrogens with zero attached hydrogens (tertiary/aromatic N) is 1. The van der Waals surface area contributed by atoms with Gasteiger partial charge in [0.1, 0.15) is 27.8 Å². The molecular formula is C18H18N2O3S. The highest BCUT2D eigenvalue weighted by Crippen LogP contribution is 2.28. The first kappa shape index (κ1) is 17.7. The lowest BCUT2D eigenvalue weighted by atomic mass is 10.1. The Morgan fingerprint density at radius 1 is 1.33 bits per heavy atom. The van der Waals surface area contributed by atoms with E-state index in [2.05, 4.69) is 4.98 Å². The van der Waals surface area contributed by atoms with Crippen LogP contribution in [0.25, 0.3) is 0 Å². The maximum Gasteiger partial charge on any atom is 0.306 e. The third-order valence-electron chi connectivity index (χ3n) is 3.42. The van der Waals surface area contributed by atoms with Crippen molar-refractivity contribution in [1.29, 1.82) is 5.26 Å². The van der Waals surface area contributed by atoms with Crippen molar-refractivity contribution in [2.45, 2.75) is 26.7 Å². The molecule has 2 aromatic rings. The predicted octanol–water partition coefficient (Wildman–Crippen LogP) is 4.21. The quantitative estimate of drug-likeness (QED) is 0.628. The van der Waals surface area contributed by atoms with E-state index >= 15 is 0 Å². The molecule has 1 heterocycles. The summed E-state index contributed by atoms with van der Waals surface area (Å²) in [5.74, 6) is 0.864. The molecule has 1 aromatic heterocycles. The summed E-state index contributed by atoms with van der Waals surface area (Å²) < 4.78 is 11.1. The van der Waals surface area contributed by atoms with Gasteiger partial charge in [0, 0.05) is 12.6 Å². The van der Waals surface area contributed by atoms with Crippen molar-refractivity contribution in [3.8, 4) is 17.6 Å². The summed E-state index contributed by atoms with van der Waals surface area (Å²) >= 11 is 5.09. The number of ether oxygens (including phenoxy) is 2. The van der Waals surface area contributed by atoms with Crippen LogP contribution in [-0.4, -0.2) is 17.6 Å². The molecule has 0 atom stereocenters. The van der Waals surface area contributed by atoms with Crippen LogP contribution >= 0.6 is 12.2 Å². The van der Waals surface area contributed by atoms with Gasteiger partial charge >= 0.3 is 5.97 Å². The van der Waals surface area contributed by atoms with Crippen molar-refractivity contribution in [1.82, 2.24) is 4.98 Å². The summed E-state index contributed by atoms with van der Waals surface area (Å²) in [5.41, 5.74) is 2.25. The second kappa shape index (κ2) is 8.27. The zero-order valence-corrected chi connectivity index (χ0v) is 14.4. The Morgan fingerprint density at radius 3 is 2.79 bits per heavy atom. The largest absolute Gasteiger partial charge is 0.466 e. The third kappa shape index (κ3) is 4.43. The smallest absolute Gasteiger partial charge is 0.306 e. The monoisotopic (exact) mass is 342 g/mol. The van der Waals surface area contributed by atoms with Crippen molar-refractivity contribution in [3.05, 3.63) is 51.8 Å². The fraction of sp³-hybridized carbons (Fsp3) is 0.278. The SMILES string of the molecule is CCOC(=O)CCc1ccc(Oc2cc[nH]c(=S)c2C#N)c(C)c1. The van der Waals surface area contributed by atoms with E-state index in [9.17, 15) is 10.1 Å². The van der Waals surface area contributed by atoms with E-state index in [0.29, 0.717) is 41.2 Å². The molecule has 6 heteroatoms. The number of hydrogen-bond acceptors (Lipinski definition) is 5. The maximum absolute atomic E-state index is 11.4. The van der Waals surface area contributed by atoms with Gasteiger partial charge in [-0.15, -0.1) is 0 Å². The molecule has 0 aliphatic heterocycles. The van der Waals surface area contributed by atoms with Crippen molar-refractivity contribution in [2.24, 2.45) is 0 Å². The number of H-pyrrole nitrogens is 1. The molecule has 124 valence electrons. The van der Waals surface area contributed by atoms with Crippen LogP contribution in [0.2, 0.25) is 0 Å². The number of aryl methyl sites for hydroxylation is 2. The Labute approximate surface area is 145 Å². The van der Waals surface area contributed by atoms with Crippen LogP contribution in [0.3, 0.4) is 0 Å². The summed E-state index contributed by atoms with van der Waals surface area (Å²) in [7, 11) is 0. The number of benzene rings is 1. The molecule has 5 nitrogen and oxygen atoms in total. The molecule has 0 saturated carbocycles. The normalized spacial score (nSPS) is 10.0. The lowest BCUT2D eigenvalue weighted by molar-refractivity contribution is -0.143. The van der Waals surface area contributed by atoms with Crippen molar-refractivity contribution < 1.29 is 14.3 Å². The molecule has 24 heavy (non-hydrogen) atoms. The Kier molecular flexibility index (Phi) is 6.10. The molecule has 0 radical (unpaired) electrons. The van der Waals surface area contributed by atoms with Gasteiger partial charge in [0.15, 0.2) is 0 Å². The van der Waals surface area contributed by atoms with Gasteiger partial charge in [0.2, 0.25) is 0 Å². The number of pyridine rings is 1. The fourth-order valence-corrected chi connectivity index (χ4v) is 2.45. The summed E-state index contributed by atoms with van der Waals surface area (Å²) in [4.78, 5) is 14.2. The van der Waals surface area contributed by atoms with Crippen molar-refractivity contribution >= 4 is 18.2 Å². The first-order chi connectivity index (χ1) is 11.5. The van der Waals surface area contributed by atoms with Crippen LogP contribution in [-0.2, 0) is 16.0 Å². The van der Waals surface area contributed by atoms with Gasteiger partial charge in [-0.2, -0.15) is 5.26 Å². The van der Waals surface area contributed by atoms with E-state index in [1.54, 1.807) is 19.2 Å². The molecule has 0 unspecified atom stereocenters. The van der Waals surface area contributed by atoms with Crippen molar-refractivity contribution in [3.63, 3.8) is 0 Å². The van der Waals surface area contributed by atoms with Gasteiger partial charge in [-0.05, 0) is 43.5 Å². The second-order valence-corrected chi connectivity index (χ2v) is 5.57. The molecule has 0 saturated heterocycles. The molecule has 0 aliphatic rings. The summed E-state index contributed by atoms with van der Waals surface area (Å²) in [6, 6.07) is 9.41. The summed E-state index contributed by atoms with van der Waals surface area (Å²) in [5, 5.41) is 9.20. The number of hydrogen-bond donors (Lipinski definition) is 1. The number of nitrogens with one attached hydrogen (secondary N) is 1. The molecular weight excluding hydrogens is 324 g/mol. The Bertz CT molecular complexity index is 837. The van der Waals surface area contributed by atoms with Gasteiger partial charge in [-0.3, -0.25) is 4.79 Å². The average molecular weight is 342 g/mol. The molecule has 0 spiro atoms. The highest BCUT2D eigenvalue weighted by molar-refractivity contribution is 7.71. The van der Waals surface area contributed by atoms with Crippen LogP contribution in [0.5, 0.6) is 11.5 Å². The zero-order valence-electron chi connectivity index (χ0n) is 13.6. The fourth-order valence-electron chi connectivity index (χ4n) is 2.23. The van der Waals surface area contributed by atoms with E-state index < -0.39 is 0 Å². The first-order valence-electron chi connectivity index (χ1n) is 7.60. The Hall–Kier alpha value is -2.65. The molecule has 2 rings (SSSR count). The summed E-state index contributed by atoms with van der Waals surface area (Å²) in [6.07, 6.45) is 2.60. The minimum Gasteiger partial charge on any atom is -0.466 e. The number of esters is 1. The standard InChI is InChI=1S/C18H18N2O3S/c1-3-22-17(21)7-5-13-4-6-15(12(2)10-13)23-16-8-9-20-18(24)14(16)11-19/h4,6,8-10H,3,5,7H2,1-2H3,(H,20,24). The van der Waals surface area contributed by atoms with E-state index in [0.717, 1.165) is 11.1 Å². The van der Waals surface area contributed by atoms with Crippen LogP contribution in [0.4, 0.5) is 0 Å². The van der Waals surface area contributed by atoms with Gasteiger partial charge in [-0.25, -0.2) is 0 Å². The Balaban J connectivity index is 2.14. The van der Waals surface area contributed by atoms with Crippen LogP contribution < -0.4 is 4.74 Å². The van der Waals surface area contributed by atoms with Crippen LogP contribution in [0.15, 0.2) is 30.5 Å². The molecule has 0 fully saturated rings. The number of aromatic nitrogens is 1. The molecule has 0 aliphatic carbocycles. The number of carbonyl (C=O) groups excluding carboxylic acids is 1. The Morgan fingerprint density at radius 2 is 2.12 bits per heavy atom. The zero-order chi connectivity index (χ0) is 17.5. The minimum absolute atomic E-state index is 0.201. The molecule has 0 amide bonds. The lowest BCUT2D eigenvalue weighted by Crippen LogP contribution is -2.05. The number of rotatable bonds is 6. The minimum atomic E-state index is -0.201. The van der Waals surface area contributed by atoms with E-state index in [1.165, 1.54) is 0 Å². The number of aromatic amines is 1. The third-order valence-corrected chi connectivity index (χ3v) is 3.74. The maximum atomic E-state index is 11.4. The lowest BCUT2D eigenvalue weighted by Gasteiger charge is -2.11. The van der Waals surface area contributed by atoms with E-state index in [4.69, 9.17) is 21.7 Å². The topological polar surface area (TPSA) is 75.1 Å². The highest BCUT2D eigenvalue weighted by Gasteiger charge is 2.09. The number of nitriles is 1. The van der Waals surface area contributed by atoms with E-state index in [1.807, 2.05) is 31.2 Å². The van der Waals surface area contributed by atoms with E-state index in [-0.39, 0.29) is 5.97 Å². The van der Waals surface area contributed by atoms with Gasteiger partial charge in [0.05, 0.1) is 6.61 Å². The van der Waals surface area contributed by atoms with Crippen LogP contribution in [0.1, 0.15) is 30.0 Å². The highest BCUT2D eigenvalue weighted by atomic mass is 32.1. The summed E-state index contributed by atoms with van der Waals surface area (Å²) in [6.45, 7) is 4.10.